The van der Waals surface area contributed by atoms with E-state index in [4.69, 9.17) is 21.1 Å². The molecule has 2 rings (SSSR count). The zero-order chi connectivity index (χ0) is 19.3. The molecule has 26 heavy (non-hydrogen) atoms. The minimum Gasteiger partial charge on any atom is -0.484 e. The van der Waals surface area contributed by atoms with Gasteiger partial charge in [-0.15, -0.1) is 0 Å². The first-order chi connectivity index (χ1) is 12.3. The minimum atomic E-state index is -0.384. The Morgan fingerprint density at radius 1 is 1.04 bits per heavy atom. The average Bonchev–Trinajstić information content (AvgIpc) is 2.59. The summed E-state index contributed by atoms with van der Waals surface area (Å²) in [6, 6.07) is 8.56. The van der Waals surface area contributed by atoms with E-state index < -0.39 is 0 Å². The van der Waals surface area contributed by atoms with Crippen LogP contribution in [0.25, 0.3) is 0 Å². The maximum absolute atomic E-state index is 12.1. The predicted octanol–water partition coefficient (Wildman–Crippen LogP) is 4.46. The molecule has 0 aliphatic rings. The number of amides is 1. The van der Waals surface area contributed by atoms with Crippen molar-refractivity contribution < 1.29 is 19.1 Å². The summed E-state index contributed by atoms with van der Waals surface area (Å²) in [6.45, 7) is 7.53. The molecular weight excluding hydrogens is 354 g/mol. The molecule has 0 aliphatic heterocycles. The number of carbonyl (C=O) groups is 2. The van der Waals surface area contributed by atoms with Crippen LogP contribution in [0.3, 0.4) is 0 Å². The summed E-state index contributed by atoms with van der Waals surface area (Å²) in [5.41, 5.74) is 3.63. The first-order valence-corrected chi connectivity index (χ1v) is 8.66. The van der Waals surface area contributed by atoms with Gasteiger partial charge in [-0.05, 0) is 74.7 Å². The quantitative estimate of drug-likeness (QED) is 0.757. The van der Waals surface area contributed by atoms with E-state index in [1.807, 2.05) is 20.8 Å². The first kappa shape index (κ1) is 19.8. The van der Waals surface area contributed by atoms with E-state index in [9.17, 15) is 9.59 Å². The van der Waals surface area contributed by atoms with Gasteiger partial charge in [-0.1, -0.05) is 11.6 Å². The van der Waals surface area contributed by atoms with Crippen LogP contribution in [0.2, 0.25) is 5.02 Å². The van der Waals surface area contributed by atoms with Gasteiger partial charge in [-0.2, -0.15) is 0 Å². The molecule has 0 unspecified atom stereocenters. The summed E-state index contributed by atoms with van der Waals surface area (Å²) in [5.74, 6) is -0.0820. The maximum atomic E-state index is 12.1. The molecule has 5 nitrogen and oxygen atoms in total. The van der Waals surface area contributed by atoms with Crippen molar-refractivity contribution >= 4 is 29.2 Å². The van der Waals surface area contributed by atoms with Crippen molar-refractivity contribution in [1.29, 1.82) is 0 Å². The van der Waals surface area contributed by atoms with Crippen LogP contribution >= 0.6 is 11.6 Å². The molecule has 0 saturated heterocycles. The number of carbonyl (C=O) groups excluding carboxylic acids is 2. The summed E-state index contributed by atoms with van der Waals surface area (Å²) < 4.78 is 10.5. The number of hydrogen-bond donors (Lipinski definition) is 1. The van der Waals surface area contributed by atoms with Crippen LogP contribution in [0.4, 0.5) is 5.69 Å². The molecule has 0 aromatic heterocycles. The van der Waals surface area contributed by atoms with Crippen molar-refractivity contribution in [1.82, 2.24) is 0 Å². The molecule has 0 atom stereocenters. The number of nitrogens with one attached hydrogen (secondary N) is 1. The molecule has 1 N–H and O–H groups in total. The minimum absolute atomic E-state index is 0.125. The molecule has 6 heteroatoms. The van der Waals surface area contributed by atoms with Gasteiger partial charge in [0.05, 0.1) is 12.2 Å². The highest BCUT2D eigenvalue weighted by Crippen LogP contribution is 2.26. The smallest absolute Gasteiger partial charge is 0.338 e. The van der Waals surface area contributed by atoms with Crippen molar-refractivity contribution in [2.75, 3.05) is 18.5 Å². The Labute approximate surface area is 158 Å². The summed E-state index contributed by atoms with van der Waals surface area (Å²) in [7, 11) is 0. The van der Waals surface area contributed by atoms with Crippen LogP contribution < -0.4 is 10.1 Å². The zero-order valence-electron chi connectivity index (χ0n) is 15.3. The first-order valence-electron chi connectivity index (χ1n) is 8.29. The molecule has 2 aromatic rings. The lowest BCUT2D eigenvalue weighted by molar-refractivity contribution is -0.118. The van der Waals surface area contributed by atoms with E-state index in [1.165, 1.54) is 0 Å². The number of ether oxygens (including phenoxy) is 2. The van der Waals surface area contributed by atoms with E-state index in [0.717, 1.165) is 16.7 Å². The van der Waals surface area contributed by atoms with Crippen LogP contribution in [0.15, 0.2) is 30.3 Å². The Bertz CT molecular complexity index is 810. The fourth-order valence-electron chi connectivity index (χ4n) is 2.47. The van der Waals surface area contributed by atoms with Crippen molar-refractivity contribution in [2.24, 2.45) is 0 Å². The number of halogens is 1. The average molecular weight is 376 g/mol. The third-order valence-corrected chi connectivity index (χ3v) is 4.39. The zero-order valence-corrected chi connectivity index (χ0v) is 16.1. The van der Waals surface area contributed by atoms with E-state index in [0.29, 0.717) is 28.6 Å². The van der Waals surface area contributed by atoms with Crippen LogP contribution in [-0.4, -0.2) is 25.1 Å². The lowest BCUT2D eigenvalue weighted by Crippen LogP contribution is -2.21. The fourth-order valence-corrected chi connectivity index (χ4v) is 2.58. The molecular formula is C20H22ClNO4. The van der Waals surface area contributed by atoms with Gasteiger partial charge < -0.3 is 14.8 Å². The Hall–Kier alpha value is -2.53. The van der Waals surface area contributed by atoms with Crippen LogP contribution in [-0.2, 0) is 9.53 Å². The third kappa shape index (κ3) is 4.99. The Balaban J connectivity index is 1.98. The largest absolute Gasteiger partial charge is 0.484 e. The summed E-state index contributed by atoms with van der Waals surface area (Å²) >= 11 is 6.12. The predicted molar refractivity (Wildman–Crippen MR) is 102 cm³/mol. The van der Waals surface area contributed by atoms with Crippen molar-refractivity contribution in [3.05, 3.63) is 57.6 Å². The molecule has 0 aliphatic carbocycles. The standard InChI is InChI=1S/C20H22ClNO4/c1-5-25-20(24)15-6-7-17(12(2)8-15)22-18(23)11-26-16-9-13(3)19(21)14(4)10-16/h6-10H,5,11H2,1-4H3,(H,22,23). The van der Waals surface area contributed by atoms with Gasteiger partial charge in [0.1, 0.15) is 5.75 Å². The normalized spacial score (nSPS) is 10.3. The van der Waals surface area contributed by atoms with Gasteiger partial charge >= 0.3 is 5.97 Å². The Morgan fingerprint density at radius 2 is 1.69 bits per heavy atom. The summed E-state index contributed by atoms with van der Waals surface area (Å²) in [4.78, 5) is 23.9. The van der Waals surface area contributed by atoms with Gasteiger partial charge in [0.25, 0.3) is 5.91 Å². The number of benzene rings is 2. The summed E-state index contributed by atoms with van der Waals surface area (Å²) in [5, 5.41) is 3.47. The summed E-state index contributed by atoms with van der Waals surface area (Å²) in [6.07, 6.45) is 0. The van der Waals surface area contributed by atoms with Gasteiger partial charge in [0.15, 0.2) is 6.61 Å². The third-order valence-electron chi connectivity index (χ3n) is 3.79. The molecule has 1 amide bonds. The lowest BCUT2D eigenvalue weighted by Gasteiger charge is -2.12. The van der Waals surface area contributed by atoms with Crippen LogP contribution in [0, 0.1) is 20.8 Å². The van der Waals surface area contributed by atoms with E-state index in [-0.39, 0.29) is 18.5 Å². The highest BCUT2D eigenvalue weighted by atomic mass is 35.5. The van der Waals surface area contributed by atoms with Crippen molar-refractivity contribution in [3.8, 4) is 5.75 Å². The number of esters is 1. The SMILES string of the molecule is CCOC(=O)c1ccc(NC(=O)COc2cc(C)c(Cl)c(C)c2)c(C)c1. The molecule has 0 fully saturated rings. The molecule has 2 aromatic carbocycles. The number of anilines is 1. The van der Waals surface area contributed by atoms with Gasteiger partial charge in [0.2, 0.25) is 0 Å². The number of hydrogen-bond acceptors (Lipinski definition) is 4. The van der Waals surface area contributed by atoms with Crippen molar-refractivity contribution in [3.63, 3.8) is 0 Å². The molecule has 0 saturated carbocycles. The Morgan fingerprint density at radius 3 is 2.27 bits per heavy atom. The molecule has 0 radical (unpaired) electrons. The topological polar surface area (TPSA) is 64.6 Å². The van der Waals surface area contributed by atoms with Gasteiger partial charge in [0, 0.05) is 10.7 Å². The lowest BCUT2D eigenvalue weighted by atomic mass is 10.1. The molecule has 0 heterocycles. The van der Waals surface area contributed by atoms with Crippen LogP contribution in [0.5, 0.6) is 5.75 Å². The monoisotopic (exact) mass is 375 g/mol. The second-order valence-corrected chi connectivity index (χ2v) is 6.34. The molecule has 138 valence electrons. The second kappa shape index (κ2) is 8.72. The van der Waals surface area contributed by atoms with Crippen molar-refractivity contribution in [2.45, 2.75) is 27.7 Å². The Kier molecular flexibility index (Phi) is 6.64. The van der Waals surface area contributed by atoms with Gasteiger partial charge in [-0.25, -0.2) is 4.79 Å². The maximum Gasteiger partial charge on any atom is 0.338 e. The highest BCUT2D eigenvalue weighted by Gasteiger charge is 2.11. The fraction of sp³-hybridized carbons (Fsp3) is 0.300. The van der Waals surface area contributed by atoms with E-state index >= 15 is 0 Å². The second-order valence-electron chi connectivity index (χ2n) is 5.96. The van der Waals surface area contributed by atoms with Crippen LogP contribution in [0.1, 0.15) is 34.0 Å². The highest BCUT2D eigenvalue weighted by molar-refractivity contribution is 6.32. The molecule has 0 bridgehead atoms. The van der Waals surface area contributed by atoms with Gasteiger partial charge in [-0.3, -0.25) is 4.79 Å². The van der Waals surface area contributed by atoms with E-state index in [2.05, 4.69) is 5.32 Å². The number of aryl methyl sites for hydroxylation is 3. The van der Waals surface area contributed by atoms with E-state index in [1.54, 1.807) is 37.3 Å². The molecule has 0 spiro atoms. The number of rotatable bonds is 6.